The summed E-state index contributed by atoms with van der Waals surface area (Å²) in [5, 5.41) is 4.31. The molecule has 20 heavy (non-hydrogen) atoms. The number of hydrogen-bond donors (Lipinski definition) is 0. The van der Waals surface area contributed by atoms with Crippen LogP contribution in [0, 0.1) is 0 Å². The number of carbonyl (C=O) groups excluding carboxylic acids is 1. The summed E-state index contributed by atoms with van der Waals surface area (Å²) in [4.78, 5) is 11.4. The average Bonchev–Trinajstić information content (AvgIpc) is 2.84. The minimum atomic E-state index is -4.56. The van der Waals surface area contributed by atoms with Gasteiger partial charge < -0.3 is 4.74 Å². The number of rotatable bonds is 3. The van der Waals surface area contributed by atoms with Crippen LogP contribution in [0.3, 0.4) is 0 Å². The van der Waals surface area contributed by atoms with Gasteiger partial charge in [0.25, 0.3) is 0 Å². The molecule has 0 aliphatic rings. The van der Waals surface area contributed by atoms with Crippen LogP contribution in [-0.4, -0.2) is 28.5 Å². The number of carbonyl (C=O) groups is 1. The highest BCUT2D eigenvalue weighted by Gasteiger charge is 2.30. The average molecular weight is 305 g/mol. The van der Waals surface area contributed by atoms with E-state index in [-0.39, 0.29) is 5.69 Å². The van der Waals surface area contributed by atoms with E-state index < -0.39 is 18.8 Å². The molecule has 1 aromatic heterocycles. The predicted octanol–water partition coefficient (Wildman–Crippen LogP) is 3.24. The Labute approximate surface area is 116 Å². The number of hydrogen-bond acceptors (Lipinski definition) is 3. The lowest BCUT2D eigenvalue weighted by Gasteiger charge is -2.06. The summed E-state index contributed by atoms with van der Waals surface area (Å²) in [5.41, 5.74) is 0.363. The van der Waals surface area contributed by atoms with Gasteiger partial charge in [0.05, 0.1) is 5.69 Å². The van der Waals surface area contributed by atoms with Crippen LogP contribution in [0.4, 0.5) is 13.2 Å². The molecule has 0 radical (unpaired) electrons. The minimum Gasteiger partial charge on any atom is -0.451 e. The summed E-state index contributed by atoms with van der Waals surface area (Å²) in [6.45, 7) is -1.64. The number of halogens is 4. The molecule has 0 aliphatic carbocycles. The molecule has 8 heteroatoms. The van der Waals surface area contributed by atoms with Crippen molar-refractivity contribution in [1.29, 1.82) is 0 Å². The van der Waals surface area contributed by atoms with Gasteiger partial charge in [-0.05, 0) is 24.3 Å². The molecule has 2 aromatic rings. The molecule has 2 rings (SSSR count). The van der Waals surface area contributed by atoms with Gasteiger partial charge in [0, 0.05) is 11.2 Å². The maximum atomic E-state index is 11.9. The largest absolute Gasteiger partial charge is 0.451 e. The van der Waals surface area contributed by atoms with Crippen molar-refractivity contribution in [2.75, 3.05) is 6.61 Å². The Bertz CT molecular complexity index is 625. The van der Waals surface area contributed by atoms with Gasteiger partial charge in [-0.15, -0.1) is 0 Å². The first-order valence-electron chi connectivity index (χ1n) is 5.41. The minimum absolute atomic E-state index is 0.214. The number of ether oxygens (including phenoxy) is 1. The molecule has 0 aliphatic heterocycles. The van der Waals surface area contributed by atoms with Gasteiger partial charge in [-0.25, -0.2) is 9.48 Å². The van der Waals surface area contributed by atoms with Crippen LogP contribution in [0.2, 0.25) is 5.02 Å². The third-order valence-electron chi connectivity index (χ3n) is 2.24. The molecule has 0 N–H and O–H groups in total. The molecule has 0 amide bonds. The van der Waals surface area contributed by atoms with Gasteiger partial charge in [0.1, 0.15) is 0 Å². The zero-order valence-corrected chi connectivity index (χ0v) is 10.6. The Hall–Kier alpha value is -2.02. The number of alkyl halides is 3. The zero-order chi connectivity index (χ0) is 14.8. The molecule has 0 spiro atoms. The quantitative estimate of drug-likeness (QED) is 0.818. The molecule has 0 atom stereocenters. The summed E-state index contributed by atoms with van der Waals surface area (Å²) in [5.74, 6) is -1.14. The Morgan fingerprint density at radius 3 is 2.75 bits per heavy atom. The van der Waals surface area contributed by atoms with E-state index in [1.807, 2.05) is 0 Å². The van der Waals surface area contributed by atoms with Crippen LogP contribution in [0.15, 0.2) is 36.5 Å². The first-order valence-corrected chi connectivity index (χ1v) is 5.78. The molecule has 106 valence electrons. The van der Waals surface area contributed by atoms with Crippen molar-refractivity contribution in [3.63, 3.8) is 0 Å². The summed E-state index contributed by atoms with van der Waals surface area (Å²) in [6, 6.07) is 7.89. The van der Waals surface area contributed by atoms with E-state index in [0.717, 1.165) is 0 Å². The summed E-state index contributed by atoms with van der Waals surface area (Å²) in [7, 11) is 0. The third-order valence-corrected chi connectivity index (χ3v) is 2.47. The van der Waals surface area contributed by atoms with E-state index in [0.29, 0.717) is 10.7 Å². The van der Waals surface area contributed by atoms with Crippen molar-refractivity contribution < 1.29 is 22.7 Å². The second-order valence-electron chi connectivity index (χ2n) is 3.82. The number of benzene rings is 1. The number of nitrogens with zero attached hydrogens (tertiary/aromatic N) is 2. The molecular formula is C12H8ClF3N2O2. The molecule has 0 bridgehead atoms. The summed E-state index contributed by atoms with van der Waals surface area (Å²) < 4.78 is 41.2. The van der Waals surface area contributed by atoms with E-state index in [2.05, 4.69) is 9.84 Å². The van der Waals surface area contributed by atoms with E-state index in [1.54, 1.807) is 24.3 Å². The second-order valence-corrected chi connectivity index (χ2v) is 4.25. The first kappa shape index (κ1) is 14.4. The molecule has 1 aromatic carbocycles. The Morgan fingerprint density at radius 1 is 1.35 bits per heavy atom. The number of aromatic nitrogens is 2. The van der Waals surface area contributed by atoms with Crippen LogP contribution in [0.25, 0.3) is 5.69 Å². The lowest BCUT2D eigenvalue weighted by molar-refractivity contribution is -0.161. The second kappa shape index (κ2) is 5.54. The lowest BCUT2D eigenvalue weighted by atomic mass is 10.3. The van der Waals surface area contributed by atoms with Gasteiger partial charge >= 0.3 is 12.1 Å². The smallest absolute Gasteiger partial charge is 0.422 e. The Morgan fingerprint density at radius 2 is 2.10 bits per heavy atom. The van der Waals surface area contributed by atoms with Crippen LogP contribution in [0.5, 0.6) is 0 Å². The fourth-order valence-corrected chi connectivity index (χ4v) is 1.60. The number of esters is 1. The van der Waals surface area contributed by atoms with Crippen molar-refractivity contribution in [3.05, 3.63) is 47.2 Å². The molecule has 0 fully saturated rings. The van der Waals surface area contributed by atoms with Crippen LogP contribution < -0.4 is 0 Å². The summed E-state index contributed by atoms with van der Waals surface area (Å²) >= 11 is 5.81. The van der Waals surface area contributed by atoms with Gasteiger partial charge in [-0.1, -0.05) is 17.7 Å². The van der Waals surface area contributed by atoms with E-state index in [4.69, 9.17) is 11.6 Å². The van der Waals surface area contributed by atoms with Gasteiger partial charge in [-0.2, -0.15) is 18.3 Å². The highest BCUT2D eigenvalue weighted by molar-refractivity contribution is 6.30. The van der Waals surface area contributed by atoms with Crippen LogP contribution in [0.1, 0.15) is 10.5 Å². The maximum Gasteiger partial charge on any atom is 0.422 e. The SMILES string of the molecule is O=C(OCC(F)(F)F)c1ccn(-c2cccc(Cl)c2)n1. The van der Waals surface area contributed by atoms with E-state index in [9.17, 15) is 18.0 Å². The van der Waals surface area contributed by atoms with Crippen molar-refractivity contribution in [3.8, 4) is 5.69 Å². The highest BCUT2D eigenvalue weighted by Crippen LogP contribution is 2.17. The fourth-order valence-electron chi connectivity index (χ4n) is 1.42. The van der Waals surface area contributed by atoms with Gasteiger partial charge in [0.15, 0.2) is 12.3 Å². The molecule has 0 saturated carbocycles. The lowest BCUT2D eigenvalue weighted by Crippen LogP contribution is -2.20. The molecular weight excluding hydrogens is 297 g/mol. The van der Waals surface area contributed by atoms with Crippen LogP contribution >= 0.6 is 11.6 Å². The molecule has 1 heterocycles. The molecule has 0 unspecified atom stereocenters. The van der Waals surface area contributed by atoms with Crippen molar-refractivity contribution in [1.82, 2.24) is 9.78 Å². The van der Waals surface area contributed by atoms with Crippen molar-refractivity contribution in [2.45, 2.75) is 6.18 Å². The van der Waals surface area contributed by atoms with Crippen molar-refractivity contribution >= 4 is 17.6 Å². The van der Waals surface area contributed by atoms with E-state index >= 15 is 0 Å². The highest BCUT2D eigenvalue weighted by atomic mass is 35.5. The predicted molar refractivity (Wildman–Crippen MR) is 64.9 cm³/mol. The first-order chi connectivity index (χ1) is 9.35. The maximum absolute atomic E-state index is 11.9. The molecule has 4 nitrogen and oxygen atoms in total. The zero-order valence-electron chi connectivity index (χ0n) is 9.89. The Balaban J connectivity index is 2.11. The molecule has 0 saturated heterocycles. The topological polar surface area (TPSA) is 44.1 Å². The Kier molecular flexibility index (Phi) is 3.99. The standard InChI is InChI=1S/C12H8ClF3N2O2/c13-8-2-1-3-9(6-8)18-5-4-10(17-18)11(19)20-7-12(14,15)16/h1-6H,7H2. The van der Waals surface area contributed by atoms with Gasteiger partial charge in [0.2, 0.25) is 0 Å². The monoisotopic (exact) mass is 304 g/mol. The van der Waals surface area contributed by atoms with Crippen molar-refractivity contribution in [2.24, 2.45) is 0 Å². The normalized spacial score (nSPS) is 11.4. The third kappa shape index (κ3) is 3.74. The van der Waals surface area contributed by atoms with Gasteiger partial charge in [-0.3, -0.25) is 0 Å². The van der Waals surface area contributed by atoms with E-state index in [1.165, 1.54) is 16.9 Å². The fraction of sp³-hybridized carbons (Fsp3) is 0.167. The summed E-state index contributed by atoms with van der Waals surface area (Å²) in [6.07, 6.45) is -3.14. The van der Waals surface area contributed by atoms with Crippen LogP contribution in [-0.2, 0) is 4.74 Å².